The monoisotopic (exact) mass is 202 g/mol. The summed E-state index contributed by atoms with van der Waals surface area (Å²) in [5.41, 5.74) is 1.07. The first-order valence-electron chi connectivity index (χ1n) is 4.59. The van der Waals surface area contributed by atoms with Gasteiger partial charge in [-0.1, -0.05) is 0 Å². The summed E-state index contributed by atoms with van der Waals surface area (Å²) in [6.07, 6.45) is 3.15. The van der Waals surface area contributed by atoms with Crippen LogP contribution in [0, 0.1) is 0 Å². The first kappa shape index (κ1) is 9.58. The lowest BCUT2D eigenvalue weighted by Gasteiger charge is -1.95. The predicted octanol–water partition coefficient (Wildman–Crippen LogP) is 1.90. The van der Waals surface area contributed by atoms with Gasteiger partial charge in [0.15, 0.2) is 5.78 Å². The van der Waals surface area contributed by atoms with Crippen LogP contribution in [0.25, 0.3) is 11.0 Å². The van der Waals surface area contributed by atoms with Crippen LogP contribution >= 0.6 is 0 Å². The zero-order valence-electron chi connectivity index (χ0n) is 8.52. The maximum atomic E-state index is 11.3. The minimum absolute atomic E-state index is 0.0620. The van der Waals surface area contributed by atoms with Crippen LogP contribution < -0.4 is 0 Å². The third-order valence-electron chi connectivity index (χ3n) is 2.28. The van der Waals surface area contributed by atoms with Crippen LogP contribution in [-0.4, -0.2) is 21.2 Å². The van der Waals surface area contributed by atoms with E-state index >= 15 is 0 Å². The van der Waals surface area contributed by atoms with Crippen LogP contribution in [-0.2, 0) is 0 Å². The van der Waals surface area contributed by atoms with E-state index in [0.717, 1.165) is 5.39 Å². The van der Waals surface area contributed by atoms with Crippen molar-refractivity contribution in [2.45, 2.75) is 13.8 Å². The Bertz CT molecular complexity index is 507. The van der Waals surface area contributed by atoms with Gasteiger partial charge in [-0.05, 0) is 19.1 Å². The fourth-order valence-electron chi connectivity index (χ4n) is 1.58. The van der Waals surface area contributed by atoms with Gasteiger partial charge in [0.1, 0.15) is 5.65 Å². The van der Waals surface area contributed by atoms with E-state index < -0.39 is 0 Å². The highest BCUT2D eigenvalue weighted by molar-refractivity contribution is 6.08. The summed E-state index contributed by atoms with van der Waals surface area (Å²) in [5, 5.41) is 0.722. The van der Waals surface area contributed by atoms with Crippen molar-refractivity contribution in [2.75, 3.05) is 0 Å². The molecule has 0 amide bonds. The molecule has 0 aromatic carbocycles. The summed E-state index contributed by atoms with van der Waals surface area (Å²) in [7, 11) is 0. The number of pyridine rings is 1. The van der Waals surface area contributed by atoms with Gasteiger partial charge >= 0.3 is 0 Å². The minimum Gasteiger partial charge on any atom is -0.294 e. The lowest BCUT2D eigenvalue weighted by Crippen LogP contribution is -2.04. The molecule has 2 aromatic rings. The fraction of sp³-hybridized carbons (Fsp3) is 0.182. The van der Waals surface area contributed by atoms with E-state index in [4.69, 9.17) is 0 Å². The highest BCUT2D eigenvalue weighted by atomic mass is 16.2. The van der Waals surface area contributed by atoms with E-state index in [1.54, 1.807) is 24.5 Å². The summed E-state index contributed by atoms with van der Waals surface area (Å²) in [6, 6.07) is 3.54. The number of hydrogen-bond acceptors (Lipinski definition) is 3. The molecule has 2 heterocycles. The smallest absolute Gasteiger partial charge is 0.229 e. The van der Waals surface area contributed by atoms with E-state index in [0.29, 0.717) is 11.2 Å². The number of carbonyl (C=O) groups is 2. The van der Waals surface area contributed by atoms with Crippen LogP contribution in [0.1, 0.15) is 29.0 Å². The Morgan fingerprint density at radius 3 is 2.67 bits per heavy atom. The standard InChI is InChI=1S/C11H10N2O2/c1-7(14)10-6-13(8(2)15)11-9(10)4-3-5-12-11/h3-6H,1-2H3. The molecule has 0 bridgehead atoms. The van der Waals surface area contributed by atoms with Gasteiger partial charge in [-0.2, -0.15) is 0 Å². The van der Waals surface area contributed by atoms with Crippen LogP contribution in [0.4, 0.5) is 0 Å². The molecule has 0 N–H and O–H groups in total. The summed E-state index contributed by atoms with van der Waals surface area (Å²) in [6.45, 7) is 2.92. The van der Waals surface area contributed by atoms with Crippen molar-refractivity contribution in [3.63, 3.8) is 0 Å². The molecular formula is C11H10N2O2. The van der Waals surface area contributed by atoms with E-state index in [1.807, 2.05) is 0 Å². The van der Waals surface area contributed by atoms with Gasteiger partial charge in [0, 0.05) is 30.3 Å². The van der Waals surface area contributed by atoms with Crippen molar-refractivity contribution < 1.29 is 9.59 Å². The van der Waals surface area contributed by atoms with E-state index in [2.05, 4.69) is 4.98 Å². The minimum atomic E-state index is -0.147. The van der Waals surface area contributed by atoms with Crippen molar-refractivity contribution in [1.82, 2.24) is 9.55 Å². The SMILES string of the molecule is CC(=O)c1cn(C(C)=O)c2ncccc12. The fourth-order valence-corrected chi connectivity index (χ4v) is 1.58. The van der Waals surface area contributed by atoms with Crippen molar-refractivity contribution in [3.05, 3.63) is 30.1 Å². The summed E-state index contributed by atoms with van der Waals surface area (Å²) in [5.74, 6) is -0.209. The molecule has 0 saturated heterocycles. The Morgan fingerprint density at radius 2 is 2.07 bits per heavy atom. The Kier molecular flexibility index (Phi) is 2.11. The largest absolute Gasteiger partial charge is 0.294 e. The molecule has 2 aromatic heterocycles. The zero-order valence-corrected chi connectivity index (χ0v) is 8.52. The number of ketones is 1. The van der Waals surface area contributed by atoms with Crippen LogP contribution in [0.15, 0.2) is 24.5 Å². The molecule has 0 spiro atoms. The molecule has 0 fully saturated rings. The third-order valence-corrected chi connectivity index (χ3v) is 2.28. The van der Waals surface area contributed by atoms with Crippen LogP contribution in [0.2, 0.25) is 0 Å². The lowest BCUT2D eigenvalue weighted by molar-refractivity contribution is 0.0941. The number of carbonyl (C=O) groups excluding carboxylic acids is 2. The van der Waals surface area contributed by atoms with Crippen LogP contribution in [0.5, 0.6) is 0 Å². The lowest BCUT2D eigenvalue weighted by atomic mass is 10.2. The maximum Gasteiger partial charge on any atom is 0.229 e. The van der Waals surface area contributed by atoms with Gasteiger partial charge in [0.2, 0.25) is 5.91 Å². The maximum absolute atomic E-state index is 11.3. The summed E-state index contributed by atoms with van der Waals surface area (Å²) in [4.78, 5) is 26.7. The number of aromatic nitrogens is 2. The highest BCUT2D eigenvalue weighted by Crippen LogP contribution is 2.19. The molecule has 76 valence electrons. The molecule has 0 saturated carbocycles. The van der Waals surface area contributed by atoms with Gasteiger partial charge in [0.05, 0.1) is 0 Å². The molecule has 15 heavy (non-hydrogen) atoms. The third kappa shape index (κ3) is 1.44. The average Bonchev–Trinajstić information content (AvgIpc) is 2.56. The van der Waals surface area contributed by atoms with E-state index in [1.165, 1.54) is 18.4 Å². The van der Waals surface area contributed by atoms with Crippen LogP contribution in [0.3, 0.4) is 0 Å². The molecule has 0 aliphatic carbocycles. The Labute approximate surface area is 86.5 Å². The Morgan fingerprint density at radius 1 is 1.33 bits per heavy atom. The molecule has 0 aliphatic rings. The number of rotatable bonds is 1. The topological polar surface area (TPSA) is 52.0 Å². The van der Waals surface area contributed by atoms with Gasteiger partial charge < -0.3 is 0 Å². The quantitative estimate of drug-likeness (QED) is 0.663. The molecule has 4 heteroatoms. The number of fused-ring (bicyclic) bond motifs is 1. The second-order valence-electron chi connectivity index (χ2n) is 3.36. The number of Topliss-reactive ketones (excluding diaryl/α,β-unsaturated/α-hetero) is 1. The molecular weight excluding hydrogens is 192 g/mol. The zero-order chi connectivity index (χ0) is 11.0. The molecule has 2 rings (SSSR count). The highest BCUT2D eigenvalue weighted by Gasteiger charge is 2.13. The van der Waals surface area contributed by atoms with E-state index in [-0.39, 0.29) is 11.7 Å². The van der Waals surface area contributed by atoms with Gasteiger partial charge in [0.25, 0.3) is 0 Å². The van der Waals surface area contributed by atoms with Crippen molar-refractivity contribution in [3.8, 4) is 0 Å². The normalized spacial score (nSPS) is 10.5. The molecule has 0 atom stereocenters. The summed E-state index contributed by atoms with van der Waals surface area (Å²) >= 11 is 0. The molecule has 0 unspecified atom stereocenters. The van der Waals surface area contributed by atoms with Gasteiger partial charge in [-0.15, -0.1) is 0 Å². The molecule has 0 aliphatic heterocycles. The number of hydrogen-bond donors (Lipinski definition) is 0. The molecule has 0 radical (unpaired) electrons. The number of nitrogens with zero attached hydrogens (tertiary/aromatic N) is 2. The summed E-state index contributed by atoms with van der Waals surface area (Å²) < 4.78 is 1.39. The molecule has 4 nitrogen and oxygen atoms in total. The van der Waals surface area contributed by atoms with Gasteiger partial charge in [-0.3, -0.25) is 14.2 Å². The Hall–Kier alpha value is -1.97. The second kappa shape index (κ2) is 3.31. The predicted molar refractivity (Wildman–Crippen MR) is 56.0 cm³/mol. The van der Waals surface area contributed by atoms with Crippen molar-refractivity contribution >= 4 is 22.7 Å². The average molecular weight is 202 g/mol. The Balaban J connectivity index is 2.85. The van der Waals surface area contributed by atoms with Crippen molar-refractivity contribution in [2.24, 2.45) is 0 Å². The van der Waals surface area contributed by atoms with Crippen molar-refractivity contribution in [1.29, 1.82) is 0 Å². The first-order valence-corrected chi connectivity index (χ1v) is 4.59. The van der Waals surface area contributed by atoms with Gasteiger partial charge in [-0.25, -0.2) is 4.98 Å². The van der Waals surface area contributed by atoms with E-state index in [9.17, 15) is 9.59 Å². The second-order valence-corrected chi connectivity index (χ2v) is 3.36. The first-order chi connectivity index (χ1) is 7.11.